The number of aromatic hydroxyl groups is 2. The highest BCUT2D eigenvalue weighted by atomic mass is 32.2. The van der Waals surface area contributed by atoms with Gasteiger partial charge in [-0.1, -0.05) is 62.1 Å². The van der Waals surface area contributed by atoms with Crippen LogP contribution >= 0.6 is 11.8 Å². The van der Waals surface area contributed by atoms with Gasteiger partial charge >= 0.3 is 0 Å². The number of phenolic OH excluding ortho intramolecular Hbond substituents is 2. The predicted octanol–water partition coefficient (Wildman–Crippen LogP) is 6.58. The molecule has 0 heterocycles. The van der Waals surface area contributed by atoms with Crippen molar-refractivity contribution in [1.82, 2.24) is 0 Å². The molecule has 2 N–H and O–H groups in total. The van der Waals surface area contributed by atoms with Gasteiger partial charge in [0.1, 0.15) is 11.5 Å². The molecule has 0 saturated heterocycles. The number of hydrogen-bond donors (Lipinski definition) is 2. The summed E-state index contributed by atoms with van der Waals surface area (Å²) >= 11 is 2.14. The van der Waals surface area contributed by atoms with Crippen LogP contribution in [0.5, 0.6) is 11.5 Å². The quantitative estimate of drug-likeness (QED) is 0.627. The fourth-order valence-corrected chi connectivity index (χ4v) is 7.06. The van der Waals surface area contributed by atoms with Crippen LogP contribution in [-0.4, -0.2) is 20.7 Å². The van der Waals surface area contributed by atoms with Gasteiger partial charge in [0.05, 0.1) is 0 Å². The van der Waals surface area contributed by atoms with Gasteiger partial charge in [-0.2, -0.15) is 11.8 Å². The fourth-order valence-electron chi connectivity index (χ4n) is 5.06. The van der Waals surface area contributed by atoms with Gasteiger partial charge < -0.3 is 10.2 Å². The summed E-state index contributed by atoms with van der Waals surface area (Å²) in [5, 5.41) is 21.9. The largest absolute Gasteiger partial charge is 0.508 e. The summed E-state index contributed by atoms with van der Waals surface area (Å²) in [6.07, 6.45) is 9.88. The summed E-state index contributed by atoms with van der Waals surface area (Å²) in [7, 11) is 0. The van der Waals surface area contributed by atoms with Crippen molar-refractivity contribution in [3.63, 3.8) is 0 Å². The Balaban J connectivity index is 1.56. The lowest BCUT2D eigenvalue weighted by molar-refractivity contribution is 0.409. The van der Waals surface area contributed by atoms with Gasteiger partial charge in [0.15, 0.2) is 0 Å². The topological polar surface area (TPSA) is 40.5 Å². The highest BCUT2D eigenvalue weighted by Crippen LogP contribution is 2.50. The van der Waals surface area contributed by atoms with E-state index in [2.05, 4.69) is 36.0 Å². The second-order valence-electron chi connectivity index (χ2n) is 8.11. The monoisotopic (exact) mass is 382 g/mol. The number of rotatable bonds is 4. The molecule has 0 amide bonds. The second-order valence-corrected chi connectivity index (χ2v) is 9.60. The molecule has 0 spiro atoms. The van der Waals surface area contributed by atoms with Crippen LogP contribution in [0, 0.1) is 0 Å². The van der Waals surface area contributed by atoms with E-state index in [1.54, 1.807) is 0 Å². The molecule has 4 unspecified atom stereocenters. The normalized spacial score (nSPS) is 28.7. The molecule has 2 aliphatic rings. The molecule has 0 aromatic heterocycles. The van der Waals surface area contributed by atoms with E-state index in [0.29, 0.717) is 33.8 Å². The Hall–Kier alpha value is -1.61. The SMILES string of the molecule is Oc1ccccc1C1CCCCC1SC1CCCCC1c1ccccc1O. The zero-order chi connectivity index (χ0) is 18.6. The van der Waals surface area contributed by atoms with Crippen molar-refractivity contribution in [2.45, 2.75) is 73.7 Å². The van der Waals surface area contributed by atoms with Crippen LogP contribution in [0.25, 0.3) is 0 Å². The maximum Gasteiger partial charge on any atom is 0.119 e. The van der Waals surface area contributed by atoms with E-state index in [0.717, 1.165) is 11.1 Å². The first-order chi connectivity index (χ1) is 13.2. The van der Waals surface area contributed by atoms with E-state index in [1.807, 2.05) is 24.3 Å². The van der Waals surface area contributed by atoms with Crippen LogP contribution in [0.1, 0.15) is 74.3 Å². The first-order valence-electron chi connectivity index (χ1n) is 10.5. The standard InChI is InChI=1S/C24H30O2S/c25-21-13-5-1-9-17(21)19-11-3-7-15-23(19)27-24-16-8-4-12-20(24)18-10-2-6-14-22(18)26/h1-2,5-6,9-10,13-14,19-20,23-26H,3-4,7-8,11-12,15-16H2. The minimum Gasteiger partial charge on any atom is -0.508 e. The van der Waals surface area contributed by atoms with Gasteiger partial charge in [0.25, 0.3) is 0 Å². The van der Waals surface area contributed by atoms with Crippen molar-refractivity contribution in [3.05, 3.63) is 59.7 Å². The molecular weight excluding hydrogens is 352 g/mol. The Kier molecular flexibility index (Phi) is 5.97. The van der Waals surface area contributed by atoms with E-state index < -0.39 is 0 Å². The van der Waals surface area contributed by atoms with Crippen molar-refractivity contribution >= 4 is 11.8 Å². The second kappa shape index (κ2) is 8.60. The average molecular weight is 383 g/mol. The lowest BCUT2D eigenvalue weighted by Crippen LogP contribution is -2.27. The minimum atomic E-state index is 0.442. The zero-order valence-corrected chi connectivity index (χ0v) is 16.7. The molecule has 144 valence electrons. The van der Waals surface area contributed by atoms with Crippen molar-refractivity contribution < 1.29 is 10.2 Å². The van der Waals surface area contributed by atoms with Gasteiger partial charge in [0, 0.05) is 10.5 Å². The average Bonchev–Trinajstić information content (AvgIpc) is 2.70. The molecule has 2 aliphatic carbocycles. The summed E-state index contributed by atoms with van der Waals surface area (Å²) in [4.78, 5) is 0. The Morgan fingerprint density at radius 2 is 1.00 bits per heavy atom. The molecule has 4 rings (SSSR count). The third-order valence-electron chi connectivity index (χ3n) is 6.43. The fraction of sp³-hybridized carbons (Fsp3) is 0.500. The third kappa shape index (κ3) is 4.13. The van der Waals surface area contributed by atoms with E-state index in [-0.39, 0.29) is 0 Å². The third-order valence-corrected chi connectivity index (χ3v) is 8.25. The van der Waals surface area contributed by atoms with Crippen LogP contribution in [0.4, 0.5) is 0 Å². The predicted molar refractivity (Wildman–Crippen MR) is 114 cm³/mol. The number of benzene rings is 2. The summed E-state index contributed by atoms with van der Waals surface area (Å²) in [5.41, 5.74) is 2.26. The lowest BCUT2D eigenvalue weighted by atomic mass is 9.82. The van der Waals surface area contributed by atoms with Crippen molar-refractivity contribution in [2.75, 3.05) is 0 Å². The summed E-state index contributed by atoms with van der Waals surface area (Å²) in [5.74, 6) is 1.79. The van der Waals surface area contributed by atoms with Gasteiger partial charge in [-0.25, -0.2) is 0 Å². The summed E-state index contributed by atoms with van der Waals surface area (Å²) < 4.78 is 0. The summed E-state index contributed by atoms with van der Waals surface area (Å²) in [6.45, 7) is 0. The first-order valence-corrected chi connectivity index (χ1v) is 11.4. The first kappa shape index (κ1) is 18.7. The van der Waals surface area contributed by atoms with Gasteiger partial charge in [-0.05, 0) is 60.8 Å². The molecule has 0 aliphatic heterocycles. The van der Waals surface area contributed by atoms with Crippen molar-refractivity contribution in [1.29, 1.82) is 0 Å². The Morgan fingerprint density at radius 3 is 1.44 bits per heavy atom. The van der Waals surface area contributed by atoms with Gasteiger partial charge in [0.2, 0.25) is 0 Å². The molecule has 27 heavy (non-hydrogen) atoms. The van der Waals surface area contributed by atoms with Crippen LogP contribution in [0.3, 0.4) is 0 Å². The highest BCUT2D eigenvalue weighted by Gasteiger charge is 2.35. The molecule has 2 saturated carbocycles. The molecule has 2 fully saturated rings. The molecule has 2 nitrogen and oxygen atoms in total. The molecule has 2 aromatic rings. The maximum atomic E-state index is 10.4. The van der Waals surface area contributed by atoms with E-state index in [9.17, 15) is 10.2 Å². The van der Waals surface area contributed by atoms with Crippen LogP contribution in [0.2, 0.25) is 0 Å². The van der Waals surface area contributed by atoms with E-state index in [4.69, 9.17) is 0 Å². The van der Waals surface area contributed by atoms with Crippen LogP contribution in [-0.2, 0) is 0 Å². The van der Waals surface area contributed by atoms with Crippen LogP contribution in [0.15, 0.2) is 48.5 Å². The van der Waals surface area contributed by atoms with E-state index >= 15 is 0 Å². The Labute approximate surface area is 167 Å². The van der Waals surface area contributed by atoms with Crippen LogP contribution < -0.4 is 0 Å². The molecule has 2 aromatic carbocycles. The molecule has 0 radical (unpaired) electrons. The van der Waals surface area contributed by atoms with Crippen molar-refractivity contribution in [2.24, 2.45) is 0 Å². The number of para-hydroxylation sites is 2. The van der Waals surface area contributed by atoms with Gasteiger partial charge in [-0.3, -0.25) is 0 Å². The number of phenols is 2. The Morgan fingerprint density at radius 1 is 0.593 bits per heavy atom. The van der Waals surface area contributed by atoms with Gasteiger partial charge in [-0.15, -0.1) is 0 Å². The molecule has 3 heteroatoms. The number of thioether (sulfide) groups is 1. The minimum absolute atomic E-state index is 0.442. The molecule has 4 atom stereocenters. The maximum absolute atomic E-state index is 10.4. The van der Waals surface area contributed by atoms with E-state index in [1.165, 1.54) is 51.4 Å². The summed E-state index contributed by atoms with van der Waals surface area (Å²) in [6, 6.07) is 15.8. The smallest absolute Gasteiger partial charge is 0.119 e. The molecule has 0 bridgehead atoms. The zero-order valence-electron chi connectivity index (χ0n) is 15.9. The lowest BCUT2D eigenvalue weighted by Gasteiger charge is -2.38. The van der Waals surface area contributed by atoms with Crippen molar-refractivity contribution in [3.8, 4) is 11.5 Å². The number of hydrogen-bond acceptors (Lipinski definition) is 3. The molecular formula is C24H30O2S. The highest BCUT2D eigenvalue weighted by molar-refractivity contribution is 8.00. The Bertz CT molecular complexity index is 696.